The predicted octanol–water partition coefficient (Wildman–Crippen LogP) is 2.03. The number of ketones is 1. The van der Waals surface area contributed by atoms with Gasteiger partial charge in [-0.1, -0.05) is 19.6 Å². The molecule has 6 unspecified atom stereocenters. The van der Waals surface area contributed by atoms with Crippen LogP contribution in [0.25, 0.3) is 0 Å². The molecule has 0 aromatic heterocycles. The maximum atomic E-state index is 13.0. The topological polar surface area (TPSA) is 116 Å². The highest BCUT2D eigenvalue weighted by atomic mass is 16.6. The number of ether oxygens (including phenoxy) is 3. The zero-order valence-corrected chi connectivity index (χ0v) is 18.1. The first-order chi connectivity index (χ1) is 13.9. The van der Waals surface area contributed by atoms with Crippen molar-refractivity contribution in [3.63, 3.8) is 0 Å². The Morgan fingerprint density at radius 2 is 1.93 bits per heavy atom. The van der Waals surface area contributed by atoms with Crippen LogP contribution in [-0.4, -0.2) is 52.7 Å². The predicted molar refractivity (Wildman–Crippen MR) is 106 cm³/mol. The Bertz CT molecular complexity index is 782. The average Bonchev–Trinajstić information content (AvgIpc) is 2.92. The number of Topliss-reactive ketones (excluding diaryl/α,β-unsaturated/α-hetero) is 1. The van der Waals surface area contributed by atoms with E-state index >= 15 is 0 Å². The van der Waals surface area contributed by atoms with Crippen LogP contribution in [0.4, 0.5) is 0 Å². The number of esters is 3. The normalized spacial score (nSPS) is 35.3. The number of aliphatic hydroxyl groups is 1. The number of carbonyl (C=O) groups is 4. The van der Waals surface area contributed by atoms with E-state index < -0.39 is 59.4 Å². The van der Waals surface area contributed by atoms with Crippen molar-refractivity contribution in [3.05, 3.63) is 23.8 Å². The molecule has 1 heterocycles. The van der Waals surface area contributed by atoms with Gasteiger partial charge in [0.2, 0.25) is 0 Å². The number of carbonyl (C=O) groups excluding carboxylic acids is 4. The maximum absolute atomic E-state index is 13.0. The smallest absolute Gasteiger partial charge is 0.334 e. The van der Waals surface area contributed by atoms with Crippen LogP contribution in [0.5, 0.6) is 0 Å². The van der Waals surface area contributed by atoms with Gasteiger partial charge in [0.1, 0.15) is 12.2 Å². The first kappa shape index (κ1) is 23.8. The van der Waals surface area contributed by atoms with Crippen molar-refractivity contribution in [2.24, 2.45) is 11.8 Å². The van der Waals surface area contributed by atoms with Crippen molar-refractivity contribution in [1.82, 2.24) is 0 Å². The molecular formula is C22H30O8. The molecule has 1 saturated carbocycles. The lowest BCUT2D eigenvalue weighted by molar-refractivity contribution is -0.174. The van der Waals surface area contributed by atoms with Crippen LogP contribution in [-0.2, 0) is 33.4 Å². The van der Waals surface area contributed by atoms with Crippen molar-refractivity contribution in [1.29, 1.82) is 0 Å². The fourth-order valence-corrected chi connectivity index (χ4v) is 3.94. The molecule has 0 aromatic carbocycles. The minimum Gasteiger partial charge on any atom is -0.458 e. The minimum atomic E-state index is -1.66. The summed E-state index contributed by atoms with van der Waals surface area (Å²) in [6, 6.07) is 0. The Kier molecular flexibility index (Phi) is 7.23. The summed E-state index contributed by atoms with van der Waals surface area (Å²) in [7, 11) is 0. The summed E-state index contributed by atoms with van der Waals surface area (Å²) in [4.78, 5) is 49.5. The van der Waals surface area contributed by atoms with E-state index in [0.717, 1.165) is 0 Å². The Balaban J connectivity index is 2.54. The Hall–Kier alpha value is -2.48. The lowest BCUT2D eigenvalue weighted by atomic mass is 9.76. The third-order valence-corrected chi connectivity index (χ3v) is 5.94. The van der Waals surface area contributed by atoms with Crippen LogP contribution in [0.2, 0.25) is 0 Å². The first-order valence-electron chi connectivity index (χ1n) is 10.0. The molecule has 0 bridgehead atoms. The van der Waals surface area contributed by atoms with Gasteiger partial charge >= 0.3 is 17.9 Å². The molecule has 166 valence electrons. The third-order valence-electron chi connectivity index (χ3n) is 5.94. The van der Waals surface area contributed by atoms with Crippen LogP contribution < -0.4 is 0 Å². The molecular weight excluding hydrogens is 392 g/mol. The monoisotopic (exact) mass is 422 g/mol. The summed E-state index contributed by atoms with van der Waals surface area (Å²) >= 11 is 0. The third kappa shape index (κ3) is 4.98. The molecule has 0 aromatic rings. The van der Waals surface area contributed by atoms with Crippen LogP contribution in [0.1, 0.15) is 53.9 Å². The number of hydrogen-bond donors (Lipinski definition) is 1. The van der Waals surface area contributed by atoms with E-state index in [-0.39, 0.29) is 24.8 Å². The minimum absolute atomic E-state index is 0.121. The van der Waals surface area contributed by atoms with Crippen LogP contribution in [0.15, 0.2) is 23.8 Å². The van der Waals surface area contributed by atoms with E-state index in [1.165, 1.54) is 13.8 Å². The van der Waals surface area contributed by atoms with Gasteiger partial charge in [-0.25, -0.2) is 9.59 Å². The van der Waals surface area contributed by atoms with E-state index in [4.69, 9.17) is 14.2 Å². The number of allylic oxidation sites excluding steroid dienone is 1. The van der Waals surface area contributed by atoms with Gasteiger partial charge < -0.3 is 19.3 Å². The summed E-state index contributed by atoms with van der Waals surface area (Å²) in [6.45, 7) is 11.4. The Labute approximate surface area is 176 Å². The van der Waals surface area contributed by atoms with Crippen molar-refractivity contribution in [3.8, 4) is 0 Å². The first-order valence-corrected chi connectivity index (χ1v) is 10.0. The molecule has 0 spiro atoms. The Morgan fingerprint density at radius 3 is 2.50 bits per heavy atom. The molecule has 30 heavy (non-hydrogen) atoms. The lowest BCUT2D eigenvalue weighted by Crippen LogP contribution is -2.49. The molecule has 8 nitrogen and oxygen atoms in total. The van der Waals surface area contributed by atoms with Crippen molar-refractivity contribution < 1.29 is 38.5 Å². The highest BCUT2D eigenvalue weighted by Gasteiger charge is 2.51. The molecule has 0 amide bonds. The van der Waals surface area contributed by atoms with Crippen LogP contribution in [0.3, 0.4) is 0 Å². The second kappa shape index (κ2) is 9.12. The fraction of sp³-hybridized carbons (Fsp3) is 0.636. The summed E-state index contributed by atoms with van der Waals surface area (Å²) < 4.78 is 16.5. The summed E-state index contributed by atoms with van der Waals surface area (Å²) in [5.74, 6) is -3.54. The molecule has 8 heteroatoms. The number of aliphatic hydroxyl groups excluding tert-OH is 1. The zero-order chi connectivity index (χ0) is 22.8. The van der Waals surface area contributed by atoms with Crippen LogP contribution >= 0.6 is 0 Å². The number of hydrogen-bond acceptors (Lipinski definition) is 8. The molecule has 2 aliphatic rings. The SMILES string of the molecule is C=C1C(=O)OC2CC(C)C(O)CC(=O)C(C)(OC(C)=O)CC(OC(=O)C(C)=CC)C12. The highest BCUT2D eigenvalue weighted by Crippen LogP contribution is 2.40. The van der Waals surface area contributed by atoms with Crippen molar-refractivity contribution in [2.45, 2.75) is 77.8 Å². The number of fused-ring (bicyclic) bond motifs is 1. The lowest BCUT2D eigenvalue weighted by Gasteiger charge is -2.37. The number of rotatable bonds is 3. The molecule has 2 rings (SSSR count). The van der Waals surface area contributed by atoms with Crippen LogP contribution in [0, 0.1) is 11.8 Å². The van der Waals surface area contributed by atoms with Gasteiger partial charge in [-0.15, -0.1) is 0 Å². The van der Waals surface area contributed by atoms with E-state index in [2.05, 4.69) is 6.58 Å². The van der Waals surface area contributed by atoms with E-state index in [9.17, 15) is 24.3 Å². The van der Waals surface area contributed by atoms with E-state index in [0.29, 0.717) is 5.57 Å². The van der Waals surface area contributed by atoms with Crippen molar-refractivity contribution in [2.75, 3.05) is 0 Å². The summed E-state index contributed by atoms with van der Waals surface area (Å²) in [5, 5.41) is 10.5. The van der Waals surface area contributed by atoms with E-state index in [1.54, 1.807) is 26.8 Å². The molecule has 1 aliphatic heterocycles. The van der Waals surface area contributed by atoms with E-state index in [1.807, 2.05) is 0 Å². The Morgan fingerprint density at radius 1 is 1.30 bits per heavy atom. The van der Waals surface area contributed by atoms with Gasteiger partial charge in [-0.3, -0.25) is 9.59 Å². The molecule has 2 fully saturated rings. The summed E-state index contributed by atoms with van der Waals surface area (Å²) in [5.41, 5.74) is -1.19. The molecule has 0 radical (unpaired) electrons. The zero-order valence-electron chi connectivity index (χ0n) is 18.1. The van der Waals surface area contributed by atoms with Gasteiger partial charge in [0.05, 0.1) is 12.0 Å². The van der Waals surface area contributed by atoms with Gasteiger partial charge in [0.25, 0.3) is 0 Å². The van der Waals surface area contributed by atoms with Crippen molar-refractivity contribution >= 4 is 23.7 Å². The summed E-state index contributed by atoms with van der Waals surface area (Å²) in [6.07, 6.45) is -1.27. The second-order valence-electron chi connectivity index (χ2n) is 8.35. The quantitative estimate of drug-likeness (QED) is 0.417. The second-order valence-corrected chi connectivity index (χ2v) is 8.35. The van der Waals surface area contributed by atoms with Gasteiger partial charge in [-0.2, -0.15) is 0 Å². The molecule has 6 atom stereocenters. The molecule has 1 saturated heterocycles. The highest BCUT2D eigenvalue weighted by molar-refractivity contribution is 5.92. The molecule has 1 N–H and O–H groups in total. The standard InChI is InChI=1S/C22H30O8/c1-7-11(2)20(26)29-17-10-22(6,30-14(5)23)18(25)9-15(24)12(3)8-16-19(17)13(4)21(27)28-16/h7,12,15-17,19,24H,4,8-10H2,1-3,5-6H3. The average molecular weight is 422 g/mol. The van der Waals surface area contributed by atoms with Gasteiger partial charge in [0, 0.05) is 30.9 Å². The van der Waals surface area contributed by atoms with Gasteiger partial charge in [-0.05, 0) is 33.1 Å². The largest absolute Gasteiger partial charge is 0.458 e. The van der Waals surface area contributed by atoms with Gasteiger partial charge in [0.15, 0.2) is 11.4 Å². The fourth-order valence-electron chi connectivity index (χ4n) is 3.94. The molecule has 1 aliphatic carbocycles. The maximum Gasteiger partial charge on any atom is 0.334 e.